The summed E-state index contributed by atoms with van der Waals surface area (Å²) in [6.45, 7) is 20.2. The lowest BCUT2D eigenvalue weighted by Crippen LogP contribution is -2.53. The molecule has 2 fully saturated rings. The van der Waals surface area contributed by atoms with E-state index in [1.54, 1.807) is 50.6 Å². The molecule has 0 aliphatic carbocycles. The number of anilines is 2. The van der Waals surface area contributed by atoms with Gasteiger partial charge in [0, 0.05) is 106 Å². The van der Waals surface area contributed by atoms with Crippen LogP contribution >= 0.6 is 49.9 Å². The normalized spacial score (nSPS) is 15.0. The van der Waals surface area contributed by atoms with E-state index in [4.69, 9.17) is 31.5 Å². The van der Waals surface area contributed by atoms with E-state index in [1.807, 2.05) is 56.9 Å². The van der Waals surface area contributed by atoms with E-state index in [-0.39, 0.29) is 50.2 Å². The number of hydrogen-bond acceptors (Lipinski definition) is 14. The number of nitrogens with zero attached hydrogens (tertiary/aromatic N) is 5. The molecule has 1 unspecified atom stereocenters. The minimum absolute atomic E-state index is 0.0295. The van der Waals surface area contributed by atoms with E-state index in [0.29, 0.717) is 18.2 Å². The number of non-ortho nitro benzene ring substituents is 1. The van der Waals surface area contributed by atoms with Crippen LogP contribution in [-0.4, -0.2) is 132 Å². The van der Waals surface area contributed by atoms with Gasteiger partial charge in [-0.3, -0.25) is 19.9 Å². The highest BCUT2D eigenvalue weighted by Crippen LogP contribution is 2.61. The van der Waals surface area contributed by atoms with E-state index in [0.717, 1.165) is 106 Å². The molecule has 2 aliphatic rings. The summed E-state index contributed by atoms with van der Waals surface area (Å²) in [6.07, 6.45) is 1.88. The Balaban J connectivity index is 0.000000258. The van der Waals surface area contributed by atoms with Crippen molar-refractivity contribution in [3.63, 3.8) is 0 Å². The molecule has 2 aliphatic heterocycles. The third-order valence-electron chi connectivity index (χ3n) is 13.8. The summed E-state index contributed by atoms with van der Waals surface area (Å²) < 4.78 is 138. The number of alkyl halides is 1. The molecular weight excluding hydrogens is 1330 g/mol. The fourth-order valence-electron chi connectivity index (χ4n) is 8.81. The second kappa shape index (κ2) is 35.1. The highest BCUT2D eigenvalue weighted by Gasteiger charge is 2.33. The van der Waals surface area contributed by atoms with Crippen molar-refractivity contribution in [2.45, 2.75) is 104 Å². The fraction of sp³-hybridized carbons (Fsp3) is 0.393. The number of halogens is 8. The third kappa shape index (κ3) is 25.8. The number of nitrogens with two attached hydrogens (primary N) is 1. The van der Waals surface area contributed by atoms with E-state index in [1.165, 1.54) is 35.5 Å². The zero-order chi connectivity index (χ0) is 66.3. The van der Waals surface area contributed by atoms with Crippen LogP contribution in [0.4, 0.5) is 45.2 Å². The minimum atomic E-state index is -5.41. The summed E-state index contributed by atoms with van der Waals surface area (Å²) in [5.74, 6) is 0.314. The number of nitrogen functional groups attached to an aromatic ring is 1. The highest BCUT2D eigenvalue weighted by atomic mass is 79.9. The van der Waals surface area contributed by atoms with Gasteiger partial charge in [-0.05, 0) is 144 Å². The van der Waals surface area contributed by atoms with Gasteiger partial charge < -0.3 is 29.7 Å². The van der Waals surface area contributed by atoms with E-state index < -0.39 is 68.1 Å². The Morgan fingerprint density at radius 3 is 1.73 bits per heavy atom. The summed E-state index contributed by atoms with van der Waals surface area (Å²) in [5.41, 5.74) is 7.13. The van der Waals surface area contributed by atoms with Crippen LogP contribution < -0.4 is 15.4 Å². The van der Waals surface area contributed by atoms with Crippen LogP contribution in [0.3, 0.4) is 0 Å². The van der Waals surface area contributed by atoms with Gasteiger partial charge in [0.1, 0.15) is 16.6 Å². The zero-order valence-corrected chi connectivity index (χ0v) is 56.3. The average Bonchev–Trinajstić information content (AvgIpc) is 2.21. The van der Waals surface area contributed by atoms with Gasteiger partial charge in [-0.25, -0.2) is 21.6 Å². The molecule has 2 N–H and O–H groups in total. The first-order chi connectivity index (χ1) is 41.7. The van der Waals surface area contributed by atoms with Crippen LogP contribution in [0, 0.1) is 10.1 Å². The van der Waals surface area contributed by atoms with Gasteiger partial charge in [0.25, 0.3) is 5.69 Å². The molecule has 0 aromatic heterocycles. The number of piperazine rings is 1. The van der Waals surface area contributed by atoms with Crippen molar-refractivity contribution >= 4 is 92.7 Å². The Morgan fingerprint density at radius 2 is 1.25 bits per heavy atom. The predicted octanol–water partition coefficient (Wildman–Crippen LogP) is 16.2. The SMILES string of the molecule is COC(C)c1cccc(Br)c1.COc1cccc(N2CCC(N(CCN3CCN(C(C)C)CC3)C(=O)OC(C)(C)C)CC2)c1.Nc1ccc(S(F)(F)F)cc1CS(=O)(=O)c1ccccc1.O=S(=O)(CCl)c1ccccc1.O=[N+]([O-])c1ccc(S(F)(F)F)cc1. The van der Waals surface area contributed by atoms with Crippen molar-refractivity contribution in [1.82, 2.24) is 14.7 Å². The number of benzene rings is 6. The van der Waals surface area contributed by atoms with Crippen molar-refractivity contribution in [2.75, 3.05) is 82.4 Å². The number of hydrogen-bond donors (Lipinski definition) is 1. The molecule has 1 amide bonds. The van der Waals surface area contributed by atoms with Gasteiger partial charge in [-0.1, -0.05) is 70.5 Å². The molecule has 6 aromatic carbocycles. The van der Waals surface area contributed by atoms with Crippen molar-refractivity contribution < 1.29 is 64.1 Å². The summed E-state index contributed by atoms with van der Waals surface area (Å²) >= 11 is -2.04. The van der Waals surface area contributed by atoms with Gasteiger partial charge in [0.05, 0.1) is 43.5 Å². The first-order valence-electron chi connectivity index (χ1n) is 27.9. The van der Waals surface area contributed by atoms with Crippen LogP contribution in [0.15, 0.2) is 176 Å². The number of nitro benzene ring substituents is 1. The van der Waals surface area contributed by atoms with Gasteiger partial charge in [-0.2, -0.15) is 0 Å². The molecule has 2 heterocycles. The predicted molar refractivity (Wildman–Crippen MR) is 348 cm³/mol. The maximum Gasteiger partial charge on any atom is 0.410 e. The number of amides is 1. The van der Waals surface area contributed by atoms with Crippen molar-refractivity contribution in [1.29, 1.82) is 0 Å². The molecule has 492 valence electrons. The number of piperidine rings is 1. The summed E-state index contributed by atoms with van der Waals surface area (Å²) in [6, 6.07) is 38.7. The molecule has 8 rings (SSSR count). The summed E-state index contributed by atoms with van der Waals surface area (Å²) in [7, 11) is -3.55. The van der Waals surface area contributed by atoms with Gasteiger partial charge in [0.2, 0.25) is 22.4 Å². The maximum absolute atomic E-state index is 13.2. The van der Waals surface area contributed by atoms with Crippen LogP contribution in [0.5, 0.6) is 5.75 Å². The molecule has 6 aromatic rings. The van der Waals surface area contributed by atoms with Crippen molar-refractivity contribution in [3.8, 4) is 5.75 Å². The Kier molecular flexibility index (Phi) is 29.9. The Bertz CT molecular complexity index is 3380. The number of sulfone groups is 2. The summed E-state index contributed by atoms with van der Waals surface area (Å²) in [5, 5.41) is 9.73. The number of carbonyl (C=O) groups excluding carboxylic acids is 1. The molecule has 0 saturated carbocycles. The molecule has 0 bridgehead atoms. The second-order valence-electron chi connectivity index (χ2n) is 21.5. The number of ether oxygens (including phenoxy) is 3. The average molecular weight is 1410 g/mol. The lowest BCUT2D eigenvalue weighted by Gasteiger charge is -2.41. The Labute approximate surface area is 537 Å². The smallest absolute Gasteiger partial charge is 0.410 e. The lowest BCUT2D eigenvalue weighted by molar-refractivity contribution is -0.384. The number of rotatable bonds is 17. The Hall–Kier alpha value is -5.78. The number of nitro groups is 1. The van der Waals surface area contributed by atoms with E-state index >= 15 is 0 Å². The first kappa shape index (κ1) is 75.7. The second-order valence-corrected chi connectivity index (χ2v) is 29.6. The monoisotopic (exact) mass is 1410 g/mol. The van der Waals surface area contributed by atoms with E-state index in [9.17, 15) is 55.1 Å². The maximum atomic E-state index is 13.2. The van der Waals surface area contributed by atoms with Crippen molar-refractivity contribution in [3.05, 3.63) is 177 Å². The van der Waals surface area contributed by atoms with Gasteiger partial charge >= 0.3 is 6.09 Å². The van der Waals surface area contributed by atoms with Crippen LogP contribution in [0.2, 0.25) is 0 Å². The van der Waals surface area contributed by atoms with Crippen LogP contribution in [0.25, 0.3) is 0 Å². The molecule has 0 radical (unpaired) electrons. The van der Waals surface area contributed by atoms with Crippen LogP contribution in [-0.2, 0) is 34.9 Å². The quantitative estimate of drug-likeness (QED) is 0.0298. The standard InChI is InChI=1S/C26H44N4O3.C13H12F3NO2S2.C9H11BrO.C7H7ClO2S.C6H4F3NO2S/c1-21(2)28-17-14-27(15-18-28)16-19-30(25(31)33-26(3,4)5)22-10-12-29(13-11-22)23-8-7-9-24(20-23)32-6;14-21(15,16)12-6-7-13(17)10(8-12)9-20(18,19)11-4-2-1-3-5-11;1-7(11-2)8-4-3-5-9(10)6-8;8-6-11(9,10)7-4-2-1-3-5-7;7-13(8,9)6-3-1-5(2-4-6)10(11)12/h7-9,20-22H,10-19H2,1-6H3;1-8H,9,17H2;3-7H,1-2H3;1-5H,6H2;1-4H. The van der Waals surface area contributed by atoms with Crippen molar-refractivity contribution in [2.24, 2.45) is 0 Å². The summed E-state index contributed by atoms with van der Waals surface area (Å²) in [4.78, 5) is 30.6. The highest BCUT2D eigenvalue weighted by molar-refractivity contribution is 9.10. The van der Waals surface area contributed by atoms with Gasteiger partial charge in [0.15, 0.2) is 19.7 Å². The van der Waals surface area contributed by atoms with Gasteiger partial charge in [-0.15, -0.1) is 34.9 Å². The molecule has 1 atom stereocenters. The van der Waals surface area contributed by atoms with E-state index in [2.05, 4.69) is 68.7 Å². The lowest BCUT2D eigenvalue weighted by atomic mass is 10.0. The molecule has 28 heteroatoms. The zero-order valence-electron chi connectivity index (χ0n) is 50.7. The number of carbonyl (C=O) groups is 1. The molecule has 2 saturated heterocycles. The molecule has 0 spiro atoms. The number of methoxy groups -OCH3 is 2. The van der Waals surface area contributed by atoms with Crippen LogP contribution in [0.1, 0.15) is 71.6 Å². The largest absolute Gasteiger partial charge is 0.497 e. The first-order valence-corrected chi connectivity index (χ1v) is 35.2. The third-order valence-corrected chi connectivity index (χ3v) is 19.7. The minimum Gasteiger partial charge on any atom is -0.497 e. The fourth-order valence-corrected chi connectivity index (χ4v) is 12.6. The molecule has 89 heavy (non-hydrogen) atoms. The molecule has 16 nitrogen and oxygen atoms in total. The topological polar surface area (TPSA) is 195 Å². The molecular formula is C61H78BrClF6N6O10S4. The Morgan fingerprint density at radius 1 is 0.708 bits per heavy atom.